The molecule has 3 nitrogen and oxygen atoms in total. The van der Waals surface area contributed by atoms with Crippen molar-refractivity contribution in [3.8, 4) is 0 Å². The molecule has 0 saturated heterocycles. The lowest BCUT2D eigenvalue weighted by molar-refractivity contribution is 0.764. The summed E-state index contributed by atoms with van der Waals surface area (Å²) in [5, 5.41) is 0. The van der Waals surface area contributed by atoms with E-state index in [0.717, 1.165) is 29.1 Å². The third-order valence-electron chi connectivity index (χ3n) is 2.60. The van der Waals surface area contributed by atoms with Gasteiger partial charge in [0.2, 0.25) is 0 Å². The molecule has 0 amide bonds. The molecule has 2 heterocycles. The number of fused-ring (bicyclic) bond motifs is 1. The SMILES string of the molecule is CCCCc1nc2nc(C)cc(C)c2[nH]1. The number of hydrogen-bond donors (Lipinski definition) is 1. The second kappa shape index (κ2) is 4.01. The van der Waals surface area contributed by atoms with Crippen LogP contribution in [-0.2, 0) is 6.42 Å². The van der Waals surface area contributed by atoms with E-state index in [2.05, 4.69) is 34.9 Å². The molecule has 1 N–H and O–H groups in total. The minimum absolute atomic E-state index is 0.860. The molecular weight excluding hydrogens is 186 g/mol. The average molecular weight is 203 g/mol. The van der Waals surface area contributed by atoms with Crippen LogP contribution in [0.2, 0.25) is 0 Å². The molecule has 0 aliphatic heterocycles. The van der Waals surface area contributed by atoms with E-state index in [1.807, 2.05) is 6.92 Å². The number of hydrogen-bond acceptors (Lipinski definition) is 2. The number of aryl methyl sites for hydroxylation is 3. The molecule has 0 spiro atoms. The molecule has 0 aromatic carbocycles. The van der Waals surface area contributed by atoms with E-state index in [9.17, 15) is 0 Å². The van der Waals surface area contributed by atoms with Gasteiger partial charge in [-0.1, -0.05) is 13.3 Å². The summed E-state index contributed by atoms with van der Waals surface area (Å²) in [6.07, 6.45) is 3.39. The lowest BCUT2D eigenvalue weighted by Gasteiger charge is -1.95. The number of unbranched alkanes of at least 4 members (excludes halogenated alkanes) is 1. The first-order valence-electron chi connectivity index (χ1n) is 5.53. The molecule has 2 aromatic rings. The zero-order valence-electron chi connectivity index (χ0n) is 9.59. The third kappa shape index (κ3) is 2.01. The molecule has 0 aliphatic carbocycles. The summed E-state index contributed by atoms with van der Waals surface area (Å²) in [6, 6.07) is 2.09. The first kappa shape index (κ1) is 10.1. The minimum atomic E-state index is 0.860. The first-order valence-corrected chi connectivity index (χ1v) is 5.53. The van der Waals surface area contributed by atoms with E-state index in [4.69, 9.17) is 0 Å². The van der Waals surface area contributed by atoms with Gasteiger partial charge in [0.1, 0.15) is 5.82 Å². The Morgan fingerprint density at radius 3 is 2.80 bits per heavy atom. The number of H-pyrrole nitrogens is 1. The Balaban J connectivity index is 2.41. The number of aromatic nitrogens is 3. The maximum absolute atomic E-state index is 4.51. The number of aromatic amines is 1. The van der Waals surface area contributed by atoms with Gasteiger partial charge >= 0.3 is 0 Å². The largest absolute Gasteiger partial charge is 0.340 e. The number of nitrogens with one attached hydrogen (secondary N) is 1. The summed E-state index contributed by atoms with van der Waals surface area (Å²) in [5.41, 5.74) is 4.21. The van der Waals surface area contributed by atoms with Gasteiger partial charge in [-0.15, -0.1) is 0 Å². The van der Waals surface area contributed by atoms with Crippen LogP contribution in [0.5, 0.6) is 0 Å². The molecule has 15 heavy (non-hydrogen) atoms. The molecule has 0 fully saturated rings. The van der Waals surface area contributed by atoms with Crippen molar-refractivity contribution in [1.82, 2.24) is 15.0 Å². The van der Waals surface area contributed by atoms with Gasteiger partial charge in [-0.3, -0.25) is 0 Å². The van der Waals surface area contributed by atoms with E-state index in [-0.39, 0.29) is 0 Å². The van der Waals surface area contributed by atoms with Crippen molar-refractivity contribution >= 4 is 11.2 Å². The van der Waals surface area contributed by atoms with E-state index >= 15 is 0 Å². The van der Waals surface area contributed by atoms with Crippen LogP contribution < -0.4 is 0 Å². The monoisotopic (exact) mass is 203 g/mol. The smallest absolute Gasteiger partial charge is 0.178 e. The highest BCUT2D eigenvalue weighted by molar-refractivity contribution is 5.74. The van der Waals surface area contributed by atoms with Crippen molar-refractivity contribution in [3.63, 3.8) is 0 Å². The van der Waals surface area contributed by atoms with Crippen LogP contribution in [0.4, 0.5) is 0 Å². The van der Waals surface area contributed by atoms with Crippen LogP contribution in [0, 0.1) is 13.8 Å². The number of nitrogens with zero attached hydrogens (tertiary/aromatic N) is 2. The van der Waals surface area contributed by atoms with E-state index in [1.54, 1.807) is 0 Å². The van der Waals surface area contributed by atoms with Crippen molar-refractivity contribution in [1.29, 1.82) is 0 Å². The minimum Gasteiger partial charge on any atom is -0.340 e. The van der Waals surface area contributed by atoms with Crippen LogP contribution in [0.3, 0.4) is 0 Å². The van der Waals surface area contributed by atoms with Gasteiger partial charge in [0.25, 0.3) is 0 Å². The zero-order valence-corrected chi connectivity index (χ0v) is 9.59. The van der Waals surface area contributed by atoms with Gasteiger partial charge in [0.15, 0.2) is 5.65 Å². The fourth-order valence-electron chi connectivity index (χ4n) is 1.82. The predicted octanol–water partition coefficient (Wildman–Crippen LogP) is 2.92. The van der Waals surface area contributed by atoms with Crippen molar-refractivity contribution in [3.05, 3.63) is 23.1 Å². The maximum Gasteiger partial charge on any atom is 0.178 e. The van der Waals surface area contributed by atoms with Gasteiger partial charge in [-0.05, 0) is 31.9 Å². The number of pyridine rings is 1. The van der Waals surface area contributed by atoms with Crippen molar-refractivity contribution < 1.29 is 0 Å². The van der Waals surface area contributed by atoms with Gasteiger partial charge < -0.3 is 4.98 Å². The number of rotatable bonds is 3. The maximum atomic E-state index is 4.51. The summed E-state index contributed by atoms with van der Waals surface area (Å²) in [4.78, 5) is 12.3. The predicted molar refractivity (Wildman–Crippen MR) is 62.0 cm³/mol. The number of imidazole rings is 1. The highest BCUT2D eigenvalue weighted by Crippen LogP contribution is 2.15. The van der Waals surface area contributed by atoms with E-state index in [1.165, 1.54) is 18.4 Å². The molecule has 0 radical (unpaired) electrons. The Labute approximate surface area is 90.0 Å². The standard InChI is InChI=1S/C12H17N3/c1-4-5-6-10-14-11-8(2)7-9(3)13-12(11)15-10/h7H,4-6H2,1-3H3,(H,13,14,15). The summed E-state index contributed by atoms with van der Waals surface area (Å²) in [5.74, 6) is 1.06. The normalized spacial score (nSPS) is 11.1. The molecular formula is C12H17N3. The van der Waals surface area contributed by atoms with Crippen LogP contribution in [-0.4, -0.2) is 15.0 Å². The summed E-state index contributed by atoms with van der Waals surface area (Å²) < 4.78 is 0. The zero-order chi connectivity index (χ0) is 10.8. The Morgan fingerprint density at radius 1 is 1.27 bits per heavy atom. The van der Waals surface area contributed by atoms with Gasteiger partial charge in [0.05, 0.1) is 5.52 Å². The molecule has 0 atom stereocenters. The lowest BCUT2D eigenvalue weighted by Crippen LogP contribution is -1.86. The molecule has 2 aromatic heterocycles. The molecule has 80 valence electrons. The average Bonchev–Trinajstić information content (AvgIpc) is 2.57. The lowest BCUT2D eigenvalue weighted by atomic mass is 10.2. The molecule has 3 heteroatoms. The van der Waals surface area contributed by atoms with Crippen molar-refractivity contribution in [2.75, 3.05) is 0 Å². The van der Waals surface area contributed by atoms with Gasteiger partial charge in [-0.25, -0.2) is 9.97 Å². The molecule has 0 bridgehead atoms. The molecule has 0 unspecified atom stereocenters. The fraction of sp³-hybridized carbons (Fsp3) is 0.500. The fourth-order valence-corrected chi connectivity index (χ4v) is 1.82. The Bertz CT molecular complexity index is 471. The summed E-state index contributed by atoms with van der Waals surface area (Å²) in [6.45, 7) is 6.29. The van der Waals surface area contributed by atoms with Crippen LogP contribution in [0.1, 0.15) is 36.8 Å². The van der Waals surface area contributed by atoms with Crippen LogP contribution in [0.25, 0.3) is 11.2 Å². The van der Waals surface area contributed by atoms with Crippen molar-refractivity contribution in [2.24, 2.45) is 0 Å². The van der Waals surface area contributed by atoms with Gasteiger partial charge in [0, 0.05) is 12.1 Å². The molecule has 2 rings (SSSR count). The Kier molecular flexibility index (Phi) is 2.71. The van der Waals surface area contributed by atoms with Gasteiger partial charge in [-0.2, -0.15) is 0 Å². The summed E-state index contributed by atoms with van der Waals surface area (Å²) >= 11 is 0. The highest BCUT2D eigenvalue weighted by atomic mass is 15.0. The Hall–Kier alpha value is -1.38. The third-order valence-corrected chi connectivity index (χ3v) is 2.60. The second-order valence-electron chi connectivity index (χ2n) is 4.07. The van der Waals surface area contributed by atoms with Crippen LogP contribution >= 0.6 is 0 Å². The summed E-state index contributed by atoms with van der Waals surface area (Å²) in [7, 11) is 0. The van der Waals surface area contributed by atoms with Crippen LogP contribution in [0.15, 0.2) is 6.07 Å². The highest BCUT2D eigenvalue weighted by Gasteiger charge is 2.06. The van der Waals surface area contributed by atoms with Crippen molar-refractivity contribution in [2.45, 2.75) is 40.0 Å². The second-order valence-corrected chi connectivity index (χ2v) is 4.07. The van der Waals surface area contributed by atoms with E-state index < -0.39 is 0 Å². The molecule has 0 saturated carbocycles. The molecule has 0 aliphatic rings. The first-order chi connectivity index (χ1) is 7.20. The van der Waals surface area contributed by atoms with E-state index in [0.29, 0.717) is 0 Å². The quantitative estimate of drug-likeness (QED) is 0.833. The topological polar surface area (TPSA) is 41.6 Å². The Morgan fingerprint density at radius 2 is 2.07 bits per heavy atom.